The first-order valence-corrected chi connectivity index (χ1v) is 8.53. The monoisotopic (exact) mass is 295 g/mol. The van der Waals surface area contributed by atoms with Crippen LogP contribution in [0, 0.1) is 5.41 Å². The number of nitrogens with zero attached hydrogens (tertiary/aromatic N) is 1. The van der Waals surface area contributed by atoms with Crippen LogP contribution in [-0.2, 0) is 14.3 Å². The van der Waals surface area contributed by atoms with Crippen molar-refractivity contribution in [2.75, 3.05) is 26.2 Å². The first kappa shape index (κ1) is 16.5. The molecule has 21 heavy (non-hydrogen) atoms. The van der Waals surface area contributed by atoms with E-state index < -0.39 is 0 Å². The van der Waals surface area contributed by atoms with Gasteiger partial charge in [-0.1, -0.05) is 19.3 Å². The van der Waals surface area contributed by atoms with Crippen molar-refractivity contribution in [3.05, 3.63) is 0 Å². The molecule has 0 aromatic heterocycles. The highest BCUT2D eigenvalue weighted by molar-refractivity contribution is 5.84. The van der Waals surface area contributed by atoms with Gasteiger partial charge in [-0.3, -0.25) is 14.5 Å². The van der Waals surface area contributed by atoms with Crippen LogP contribution in [0.4, 0.5) is 0 Å². The number of likely N-dealkylation sites (tertiary alicyclic amines) is 1. The molecular weight excluding hydrogens is 266 g/mol. The van der Waals surface area contributed by atoms with Crippen LogP contribution in [0.5, 0.6) is 0 Å². The molecule has 1 saturated carbocycles. The second kappa shape index (κ2) is 7.92. The Kier molecular flexibility index (Phi) is 6.22. The Morgan fingerprint density at radius 1 is 1.00 bits per heavy atom. The van der Waals surface area contributed by atoms with Gasteiger partial charge in [0.25, 0.3) is 0 Å². The third-order valence-electron chi connectivity index (χ3n) is 5.14. The van der Waals surface area contributed by atoms with E-state index in [1.165, 1.54) is 44.9 Å². The molecule has 4 heteroatoms. The fourth-order valence-electron chi connectivity index (χ4n) is 3.79. The Morgan fingerprint density at radius 3 is 2.29 bits per heavy atom. The molecule has 120 valence electrons. The van der Waals surface area contributed by atoms with Crippen LogP contribution < -0.4 is 0 Å². The summed E-state index contributed by atoms with van der Waals surface area (Å²) in [5.74, 6) is -0.0895. The minimum Gasteiger partial charge on any atom is -0.466 e. The number of carbonyl (C=O) groups is 2. The lowest BCUT2D eigenvalue weighted by Crippen LogP contribution is -2.43. The SMILES string of the molecule is CCOC(=O)CCC(=O)CN1CCC2(CCCCC2)CC1. The fraction of sp³-hybridized carbons (Fsp3) is 0.882. The summed E-state index contributed by atoms with van der Waals surface area (Å²) in [4.78, 5) is 25.5. The van der Waals surface area contributed by atoms with Crippen LogP contribution in [0.15, 0.2) is 0 Å². The molecule has 0 N–H and O–H groups in total. The van der Waals surface area contributed by atoms with E-state index in [0.717, 1.165) is 13.1 Å². The van der Waals surface area contributed by atoms with Crippen molar-refractivity contribution in [1.82, 2.24) is 4.90 Å². The van der Waals surface area contributed by atoms with E-state index in [2.05, 4.69) is 4.90 Å². The summed E-state index contributed by atoms with van der Waals surface area (Å²) < 4.78 is 4.85. The number of ether oxygens (including phenoxy) is 1. The molecule has 0 amide bonds. The van der Waals surface area contributed by atoms with Crippen LogP contribution in [0.25, 0.3) is 0 Å². The Bertz CT molecular complexity index is 351. The van der Waals surface area contributed by atoms with Gasteiger partial charge in [0.1, 0.15) is 5.78 Å². The van der Waals surface area contributed by atoms with Crippen LogP contribution in [-0.4, -0.2) is 42.9 Å². The summed E-state index contributed by atoms with van der Waals surface area (Å²) in [6.07, 6.45) is 9.99. The minimum absolute atomic E-state index is 0.169. The average molecular weight is 295 g/mol. The zero-order valence-corrected chi connectivity index (χ0v) is 13.4. The normalized spacial score (nSPS) is 22.1. The number of esters is 1. The molecule has 2 rings (SSSR count). The Morgan fingerprint density at radius 2 is 1.67 bits per heavy atom. The van der Waals surface area contributed by atoms with Crippen molar-refractivity contribution in [3.63, 3.8) is 0 Å². The van der Waals surface area contributed by atoms with Gasteiger partial charge < -0.3 is 4.74 Å². The third kappa shape index (κ3) is 5.10. The zero-order valence-electron chi connectivity index (χ0n) is 13.4. The van der Waals surface area contributed by atoms with Gasteiger partial charge in [0.05, 0.1) is 19.6 Å². The van der Waals surface area contributed by atoms with Crippen LogP contribution >= 0.6 is 0 Å². The molecule has 0 aromatic carbocycles. The lowest BCUT2D eigenvalue weighted by atomic mass is 9.68. The van der Waals surface area contributed by atoms with E-state index in [-0.39, 0.29) is 18.2 Å². The lowest BCUT2D eigenvalue weighted by Gasteiger charge is -2.44. The fourth-order valence-corrected chi connectivity index (χ4v) is 3.79. The molecule has 1 aliphatic carbocycles. The second-order valence-corrected chi connectivity index (χ2v) is 6.68. The van der Waals surface area contributed by atoms with Gasteiger partial charge in [0.15, 0.2) is 0 Å². The Labute approximate surface area is 128 Å². The summed E-state index contributed by atoms with van der Waals surface area (Å²) in [5.41, 5.74) is 0.586. The van der Waals surface area contributed by atoms with E-state index in [4.69, 9.17) is 4.74 Å². The standard InChI is InChI=1S/C17H29NO3/c1-2-21-16(20)7-6-15(19)14-18-12-10-17(11-13-18)8-4-3-5-9-17/h2-14H2,1H3. The minimum atomic E-state index is -0.259. The first-order chi connectivity index (χ1) is 10.1. The smallest absolute Gasteiger partial charge is 0.306 e. The Hall–Kier alpha value is -0.900. The van der Waals surface area contributed by atoms with Crippen molar-refractivity contribution in [2.45, 2.75) is 64.7 Å². The maximum Gasteiger partial charge on any atom is 0.306 e. The quantitative estimate of drug-likeness (QED) is 0.707. The lowest BCUT2D eigenvalue weighted by molar-refractivity contribution is -0.144. The maximum absolute atomic E-state index is 11.9. The van der Waals surface area contributed by atoms with E-state index >= 15 is 0 Å². The number of rotatable bonds is 6. The van der Waals surface area contributed by atoms with Crippen LogP contribution in [0.3, 0.4) is 0 Å². The summed E-state index contributed by atoms with van der Waals surface area (Å²) in [5, 5.41) is 0. The van der Waals surface area contributed by atoms with Gasteiger partial charge in [-0.05, 0) is 51.1 Å². The second-order valence-electron chi connectivity index (χ2n) is 6.68. The molecule has 1 spiro atoms. The van der Waals surface area contributed by atoms with Crippen molar-refractivity contribution < 1.29 is 14.3 Å². The van der Waals surface area contributed by atoms with Crippen molar-refractivity contribution in [3.8, 4) is 0 Å². The van der Waals surface area contributed by atoms with Crippen molar-refractivity contribution in [2.24, 2.45) is 5.41 Å². The number of ketones is 1. The average Bonchev–Trinajstić information content (AvgIpc) is 2.49. The first-order valence-electron chi connectivity index (χ1n) is 8.53. The molecule has 1 aliphatic heterocycles. The molecule has 1 heterocycles. The van der Waals surface area contributed by atoms with Gasteiger partial charge >= 0.3 is 5.97 Å². The van der Waals surface area contributed by atoms with Crippen LogP contribution in [0.2, 0.25) is 0 Å². The third-order valence-corrected chi connectivity index (χ3v) is 5.14. The van der Waals surface area contributed by atoms with E-state index in [0.29, 0.717) is 25.0 Å². The molecule has 1 saturated heterocycles. The number of hydrogen-bond acceptors (Lipinski definition) is 4. The summed E-state index contributed by atoms with van der Waals surface area (Å²) in [6.45, 7) is 4.78. The molecule has 0 unspecified atom stereocenters. The van der Waals surface area contributed by atoms with E-state index in [9.17, 15) is 9.59 Å². The molecule has 2 fully saturated rings. The predicted molar refractivity (Wildman–Crippen MR) is 82.1 cm³/mol. The molecule has 0 aromatic rings. The summed E-state index contributed by atoms with van der Waals surface area (Å²) in [7, 11) is 0. The topological polar surface area (TPSA) is 46.6 Å². The molecule has 0 radical (unpaired) electrons. The van der Waals surface area contributed by atoms with Crippen LogP contribution in [0.1, 0.15) is 64.7 Å². The van der Waals surface area contributed by atoms with Gasteiger partial charge in [-0.15, -0.1) is 0 Å². The highest BCUT2D eigenvalue weighted by atomic mass is 16.5. The van der Waals surface area contributed by atoms with Gasteiger partial charge in [-0.25, -0.2) is 0 Å². The number of hydrogen-bond donors (Lipinski definition) is 0. The van der Waals surface area contributed by atoms with Crippen molar-refractivity contribution >= 4 is 11.8 Å². The predicted octanol–water partition coefficient (Wildman–Crippen LogP) is 2.95. The summed E-state index contributed by atoms with van der Waals surface area (Å²) >= 11 is 0. The van der Waals surface area contributed by atoms with Gasteiger partial charge in [0, 0.05) is 6.42 Å². The molecule has 0 atom stereocenters. The number of carbonyl (C=O) groups excluding carboxylic acids is 2. The largest absolute Gasteiger partial charge is 0.466 e. The van der Waals surface area contributed by atoms with Crippen molar-refractivity contribution in [1.29, 1.82) is 0 Å². The molecule has 0 bridgehead atoms. The maximum atomic E-state index is 11.9. The molecule has 4 nitrogen and oxygen atoms in total. The van der Waals surface area contributed by atoms with E-state index in [1.54, 1.807) is 6.92 Å². The number of piperidine rings is 1. The van der Waals surface area contributed by atoms with E-state index in [1.807, 2.05) is 0 Å². The highest BCUT2D eigenvalue weighted by Gasteiger charge is 2.35. The van der Waals surface area contributed by atoms with Gasteiger partial charge in [0.2, 0.25) is 0 Å². The number of Topliss-reactive ketones (excluding diaryl/α,β-unsaturated/α-hetero) is 1. The molecule has 2 aliphatic rings. The zero-order chi connectivity index (χ0) is 15.1. The highest BCUT2D eigenvalue weighted by Crippen LogP contribution is 2.44. The molecular formula is C17H29NO3. The summed E-state index contributed by atoms with van der Waals surface area (Å²) in [6, 6.07) is 0. The Balaban J connectivity index is 1.66. The van der Waals surface area contributed by atoms with Gasteiger partial charge in [-0.2, -0.15) is 0 Å².